The summed E-state index contributed by atoms with van der Waals surface area (Å²) in [4.78, 5) is 2.32. The number of hydrogen-bond donors (Lipinski definition) is 0. The molecule has 0 unspecified atom stereocenters. The minimum Gasteiger partial charge on any atom is -0.454 e. The van der Waals surface area contributed by atoms with Gasteiger partial charge in [0.25, 0.3) is 0 Å². The molecule has 0 N–H and O–H groups in total. The normalized spacial score (nSPS) is 11.4. The van der Waals surface area contributed by atoms with Crippen LogP contribution in [0.4, 0.5) is 17.1 Å². The van der Waals surface area contributed by atoms with Crippen molar-refractivity contribution in [3.05, 3.63) is 163 Å². The highest BCUT2D eigenvalue weighted by molar-refractivity contribution is 6.37. The van der Waals surface area contributed by atoms with Gasteiger partial charge in [-0.2, -0.15) is 0 Å². The van der Waals surface area contributed by atoms with Crippen molar-refractivity contribution in [3.63, 3.8) is 0 Å². The Bertz CT molecular complexity index is 2240. The zero-order valence-corrected chi connectivity index (χ0v) is 24.0. The molecule has 0 aliphatic rings. The van der Waals surface area contributed by atoms with Crippen molar-refractivity contribution in [1.82, 2.24) is 0 Å². The summed E-state index contributed by atoms with van der Waals surface area (Å²) >= 11 is 6.83. The number of nitrogens with zero attached hydrogens (tertiary/aromatic N) is 1. The average molecular weight is 572 g/mol. The van der Waals surface area contributed by atoms with E-state index in [1.54, 1.807) is 0 Å². The van der Waals surface area contributed by atoms with E-state index in [-0.39, 0.29) is 0 Å². The SMILES string of the molecule is Clc1ccc(N(c2ccc(-c3ccccc3)cc2)c2cccc(-c3ccccc3)c2)c2c1oc1ccc3ccccc3c12. The van der Waals surface area contributed by atoms with Crippen LogP contribution in [0.25, 0.3) is 55.0 Å². The molecule has 0 saturated carbocycles. The molecule has 0 fully saturated rings. The van der Waals surface area contributed by atoms with Gasteiger partial charge in [-0.05, 0) is 75.5 Å². The van der Waals surface area contributed by atoms with Gasteiger partial charge in [-0.25, -0.2) is 0 Å². The molecule has 0 amide bonds. The van der Waals surface area contributed by atoms with E-state index in [9.17, 15) is 0 Å². The Morgan fingerprint density at radius 1 is 0.465 bits per heavy atom. The van der Waals surface area contributed by atoms with Gasteiger partial charge in [0.1, 0.15) is 5.58 Å². The van der Waals surface area contributed by atoms with E-state index in [2.05, 4.69) is 138 Å². The molecule has 43 heavy (non-hydrogen) atoms. The Morgan fingerprint density at radius 3 is 1.88 bits per heavy atom. The van der Waals surface area contributed by atoms with Crippen LogP contribution in [0.15, 0.2) is 162 Å². The van der Waals surface area contributed by atoms with Crippen LogP contribution in [0.3, 0.4) is 0 Å². The summed E-state index contributed by atoms with van der Waals surface area (Å²) in [6.45, 7) is 0. The van der Waals surface area contributed by atoms with Crippen LogP contribution >= 0.6 is 11.6 Å². The molecular weight excluding hydrogens is 546 g/mol. The summed E-state index contributed by atoms with van der Waals surface area (Å²) in [5.74, 6) is 0. The Kier molecular flexibility index (Phi) is 6.21. The molecule has 0 spiro atoms. The van der Waals surface area contributed by atoms with Crippen LogP contribution in [0.2, 0.25) is 5.02 Å². The van der Waals surface area contributed by atoms with Gasteiger partial charge < -0.3 is 9.32 Å². The molecule has 0 aliphatic heterocycles. The third-order valence-corrected chi connectivity index (χ3v) is 8.42. The van der Waals surface area contributed by atoms with Crippen molar-refractivity contribution < 1.29 is 4.42 Å². The van der Waals surface area contributed by atoms with Crippen LogP contribution < -0.4 is 4.90 Å². The molecule has 0 aliphatic carbocycles. The van der Waals surface area contributed by atoms with E-state index < -0.39 is 0 Å². The van der Waals surface area contributed by atoms with Gasteiger partial charge >= 0.3 is 0 Å². The predicted octanol–water partition coefficient (Wildman–Crippen LogP) is 12.2. The second-order valence-electron chi connectivity index (χ2n) is 10.7. The third-order valence-electron chi connectivity index (χ3n) is 8.13. The molecule has 2 nitrogen and oxygen atoms in total. The lowest BCUT2D eigenvalue weighted by molar-refractivity contribution is 0.669. The van der Waals surface area contributed by atoms with Crippen molar-refractivity contribution in [2.45, 2.75) is 0 Å². The van der Waals surface area contributed by atoms with Gasteiger partial charge in [0, 0.05) is 16.8 Å². The van der Waals surface area contributed by atoms with E-state index in [0.717, 1.165) is 49.8 Å². The number of anilines is 3. The van der Waals surface area contributed by atoms with Gasteiger partial charge in [0.2, 0.25) is 0 Å². The Balaban J connectivity index is 1.40. The standard InChI is InChI=1S/C40H26ClNO/c41-35-23-24-36(39-38-34-17-8-7-14-30(34)20-25-37(38)43-40(35)39)42(32-21-18-29(19-22-32)27-10-3-1-4-11-27)33-16-9-15-31(26-33)28-12-5-2-6-13-28/h1-26H. The van der Waals surface area contributed by atoms with E-state index in [4.69, 9.17) is 16.0 Å². The summed E-state index contributed by atoms with van der Waals surface area (Å²) in [5, 5.41) is 4.96. The van der Waals surface area contributed by atoms with Crippen LogP contribution in [0, 0.1) is 0 Å². The van der Waals surface area contributed by atoms with Crippen LogP contribution in [-0.4, -0.2) is 0 Å². The highest BCUT2D eigenvalue weighted by Crippen LogP contribution is 2.47. The maximum Gasteiger partial charge on any atom is 0.156 e. The van der Waals surface area contributed by atoms with Gasteiger partial charge in [0.05, 0.1) is 16.1 Å². The zero-order valence-electron chi connectivity index (χ0n) is 23.2. The van der Waals surface area contributed by atoms with Crippen molar-refractivity contribution in [3.8, 4) is 22.3 Å². The summed E-state index contributed by atoms with van der Waals surface area (Å²) in [6, 6.07) is 55.1. The topological polar surface area (TPSA) is 16.4 Å². The van der Waals surface area contributed by atoms with Crippen LogP contribution in [0.5, 0.6) is 0 Å². The van der Waals surface area contributed by atoms with Crippen molar-refractivity contribution >= 4 is 61.4 Å². The number of fused-ring (bicyclic) bond motifs is 5. The van der Waals surface area contributed by atoms with Crippen LogP contribution in [-0.2, 0) is 0 Å². The number of benzene rings is 7. The average Bonchev–Trinajstić information content (AvgIpc) is 3.49. The quantitative estimate of drug-likeness (QED) is 0.204. The summed E-state index contributed by atoms with van der Waals surface area (Å²) < 4.78 is 6.47. The van der Waals surface area contributed by atoms with Crippen LogP contribution in [0.1, 0.15) is 0 Å². The molecule has 204 valence electrons. The molecule has 1 heterocycles. The Hall–Kier alpha value is -5.31. The molecule has 8 aromatic rings. The molecule has 1 aromatic heterocycles. The summed E-state index contributed by atoms with van der Waals surface area (Å²) in [6.07, 6.45) is 0. The highest BCUT2D eigenvalue weighted by Gasteiger charge is 2.22. The monoisotopic (exact) mass is 571 g/mol. The van der Waals surface area contributed by atoms with Gasteiger partial charge in [-0.1, -0.05) is 127 Å². The molecule has 0 atom stereocenters. The largest absolute Gasteiger partial charge is 0.454 e. The lowest BCUT2D eigenvalue weighted by atomic mass is 10.0. The molecule has 8 rings (SSSR count). The first-order valence-corrected chi connectivity index (χ1v) is 14.8. The molecular formula is C40H26ClNO. The van der Waals surface area contributed by atoms with Crippen molar-refractivity contribution in [2.24, 2.45) is 0 Å². The van der Waals surface area contributed by atoms with Crippen molar-refractivity contribution in [2.75, 3.05) is 4.90 Å². The zero-order chi connectivity index (χ0) is 28.8. The highest BCUT2D eigenvalue weighted by atomic mass is 35.5. The maximum atomic E-state index is 6.83. The first-order valence-electron chi connectivity index (χ1n) is 14.4. The lowest BCUT2D eigenvalue weighted by Crippen LogP contribution is -2.10. The lowest BCUT2D eigenvalue weighted by Gasteiger charge is -2.27. The maximum absolute atomic E-state index is 6.83. The minimum atomic E-state index is 0.594. The number of hydrogen-bond acceptors (Lipinski definition) is 2. The molecule has 7 aromatic carbocycles. The summed E-state index contributed by atoms with van der Waals surface area (Å²) in [7, 11) is 0. The van der Waals surface area contributed by atoms with Gasteiger partial charge in [0.15, 0.2) is 5.58 Å². The van der Waals surface area contributed by atoms with Crippen molar-refractivity contribution in [1.29, 1.82) is 0 Å². The number of furan rings is 1. The first kappa shape index (κ1) is 25.4. The fraction of sp³-hybridized carbons (Fsp3) is 0. The second kappa shape index (κ2) is 10.5. The van der Waals surface area contributed by atoms with E-state index in [1.807, 2.05) is 24.3 Å². The second-order valence-corrected chi connectivity index (χ2v) is 11.1. The van der Waals surface area contributed by atoms with Gasteiger partial charge in [-0.15, -0.1) is 0 Å². The Morgan fingerprint density at radius 2 is 1.12 bits per heavy atom. The number of rotatable bonds is 5. The summed E-state index contributed by atoms with van der Waals surface area (Å²) in [5.41, 5.74) is 9.29. The van der Waals surface area contributed by atoms with E-state index in [0.29, 0.717) is 10.6 Å². The predicted molar refractivity (Wildman–Crippen MR) is 182 cm³/mol. The molecule has 0 radical (unpaired) electrons. The van der Waals surface area contributed by atoms with E-state index >= 15 is 0 Å². The van der Waals surface area contributed by atoms with Gasteiger partial charge in [-0.3, -0.25) is 0 Å². The molecule has 0 bridgehead atoms. The fourth-order valence-corrected chi connectivity index (χ4v) is 6.29. The fourth-order valence-electron chi connectivity index (χ4n) is 6.09. The first-order chi connectivity index (χ1) is 21.2. The third kappa shape index (κ3) is 4.44. The molecule has 0 saturated heterocycles. The Labute approximate surface area is 255 Å². The minimum absolute atomic E-state index is 0.594. The van der Waals surface area contributed by atoms with E-state index in [1.165, 1.54) is 16.7 Å². The number of halogens is 1. The smallest absolute Gasteiger partial charge is 0.156 e. The molecule has 3 heteroatoms.